The molecule has 1 rings (SSSR count). The number of rotatable bonds is 6. The van der Waals surface area contributed by atoms with Crippen LogP contribution in [0.2, 0.25) is 0 Å². The van der Waals surface area contributed by atoms with Gasteiger partial charge in [0.2, 0.25) is 0 Å². The zero-order chi connectivity index (χ0) is 16.0. The molecule has 2 amide bonds. The molecule has 0 aliphatic carbocycles. The van der Waals surface area contributed by atoms with Crippen LogP contribution in [-0.4, -0.2) is 72.5 Å². The first kappa shape index (κ1) is 17.2. The van der Waals surface area contributed by atoms with Crippen LogP contribution in [0.4, 0.5) is 4.79 Å². The Morgan fingerprint density at radius 3 is 2.52 bits per heavy atom. The fourth-order valence-corrected chi connectivity index (χ4v) is 4.01. The van der Waals surface area contributed by atoms with Gasteiger partial charge in [0.25, 0.3) is 0 Å². The van der Waals surface area contributed by atoms with E-state index in [0.29, 0.717) is 6.54 Å². The number of nitrogens with zero attached hydrogens (tertiary/aromatic N) is 3. The second-order valence-electron chi connectivity index (χ2n) is 4.85. The van der Waals surface area contributed by atoms with Crippen molar-refractivity contribution in [3.63, 3.8) is 0 Å². The lowest BCUT2D eigenvalue weighted by Crippen LogP contribution is -2.50. The van der Waals surface area contributed by atoms with Crippen LogP contribution in [0.3, 0.4) is 0 Å². The number of carbonyl (C=O) groups is 2. The Hall–Kier alpha value is -1.82. The Balaban J connectivity index is 2.88. The molecule has 21 heavy (non-hydrogen) atoms. The predicted octanol–water partition coefficient (Wildman–Crippen LogP) is -0.0843. The van der Waals surface area contributed by atoms with E-state index >= 15 is 0 Å². The molecule has 1 aliphatic heterocycles. The fraction of sp³-hybridized carbons (Fsp3) is 0.750. The van der Waals surface area contributed by atoms with Gasteiger partial charge in [-0.05, 0) is 13.3 Å². The minimum absolute atomic E-state index is 0.0363. The van der Waals surface area contributed by atoms with Crippen LogP contribution in [0.1, 0.15) is 19.8 Å². The molecule has 1 unspecified atom stereocenters. The Morgan fingerprint density at radius 2 is 2.10 bits per heavy atom. The molecular weight excluding hydrogens is 298 g/mol. The number of carbonyl (C=O) groups excluding carboxylic acids is 1. The van der Waals surface area contributed by atoms with Gasteiger partial charge in [-0.15, -0.1) is 0 Å². The van der Waals surface area contributed by atoms with Gasteiger partial charge in [-0.1, -0.05) is 0 Å². The van der Waals surface area contributed by atoms with Crippen molar-refractivity contribution in [3.8, 4) is 6.07 Å². The van der Waals surface area contributed by atoms with Crippen LogP contribution in [0.15, 0.2) is 0 Å². The minimum atomic E-state index is -3.22. The zero-order valence-electron chi connectivity index (χ0n) is 11.9. The second kappa shape index (κ2) is 7.26. The summed E-state index contributed by atoms with van der Waals surface area (Å²) < 4.78 is 23.0. The number of hydrogen-bond acceptors (Lipinski definition) is 5. The van der Waals surface area contributed by atoms with Gasteiger partial charge in [-0.3, -0.25) is 4.79 Å². The highest BCUT2D eigenvalue weighted by molar-refractivity contribution is 7.91. The normalized spacial score (nSPS) is 19.7. The van der Waals surface area contributed by atoms with Crippen molar-refractivity contribution >= 4 is 21.8 Å². The maximum Gasteiger partial charge on any atom is 0.323 e. The van der Waals surface area contributed by atoms with E-state index in [1.54, 1.807) is 6.92 Å². The summed E-state index contributed by atoms with van der Waals surface area (Å²) >= 11 is 0. The third kappa shape index (κ3) is 4.90. The Kier molecular flexibility index (Phi) is 5.96. The molecule has 0 aromatic rings. The van der Waals surface area contributed by atoms with Crippen molar-refractivity contribution < 1.29 is 23.1 Å². The quantitative estimate of drug-likeness (QED) is 0.731. The highest BCUT2D eigenvalue weighted by Gasteiger charge is 2.36. The maximum atomic E-state index is 12.4. The Bertz CT molecular complexity index is 540. The summed E-state index contributed by atoms with van der Waals surface area (Å²) in [7, 11) is -3.22. The molecular formula is C12H19N3O5S. The number of amides is 2. The summed E-state index contributed by atoms with van der Waals surface area (Å²) in [6, 6.07) is 0.779. The zero-order valence-corrected chi connectivity index (χ0v) is 12.7. The number of sulfone groups is 1. The van der Waals surface area contributed by atoms with E-state index in [2.05, 4.69) is 0 Å². The summed E-state index contributed by atoms with van der Waals surface area (Å²) in [6.45, 7) is 1.71. The van der Waals surface area contributed by atoms with Gasteiger partial charge in [0.1, 0.15) is 6.54 Å². The van der Waals surface area contributed by atoms with E-state index in [-0.39, 0.29) is 30.9 Å². The summed E-state index contributed by atoms with van der Waals surface area (Å²) in [6.07, 6.45) is 0.389. The summed E-state index contributed by atoms with van der Waals surface area (Å²) in [5.74, 6) is -1.43. The third-order valence-corrected chi connectivity index (χ3v) is 5.10. The van der Waals surface area contributed by atoms with E-state index in [1.807, 2.05) is 6.07 Å². The Morgan fingerprint density at radius 1 is 1.43 bits per heavy atom. The minimum Gasteiger partial charge on any atom is -0.480 e. The molecule has 0 aromatic carbocycles. The van der Waals surface area contributed by atoms with Gasteiger partial charge in [0.05, 0.1) is 24.0 Å². The van der Waals surface area contributed by atoms with E-state index in [1.165, 1.54) is 4.90 Å². The van der Waals surface area contributed by atoms with Gasteiger partial charge in [-0.25, -0.2) is 13.2 Å². The van der Waals surface area contributed by atoms with Crippen LogP contribution in [-0.2, 0) is 14.6 Å². The largest absolute Gasteiger partial charge is 0.480 e. The second-order valence-corrected chi connectivity index (χ2v) is 7.08. The SMILES string of the molecule is CCN(CCC#N)C(=O)N(CC(=O)O)C1CCS(=O)(=O)C1. The lowest BCUT2D eigenvalue weighted by Gasteiger charge is -2.32. The molecule has 118 valence electrons. The van der Waals surface area contributed by atoms with E-state index in [4.69, 9.17) is 10.4 Å². The van der Waals surface area contributed by atoms with Gasteiger partial charge in [-0.2, -0.15) is 5.26 Å². The average Bonchev–Trinajstić information content (AvgIpc) is 2.76. The number of hydrogen-bond donors (Lipinski definition) is 1. The number of aliphatic carboxylic acids is 1. The van der Waals surface area contributed by atoms with Crippen LogP contribution in [0, 0.1) is 11.3 Å². The van der Waals surface area contributed by atoms with E-state index in [9.17, 15) is 18.0 Å². The highest BCUT2D eigenvalue weighted by Crippen LogP contribution is 2.19. The van der Waals surface area contributed by atoms with Gasteiger partial charge < -0.3 is 14.9 Å². The van der Waals surface area contributed by atoms with Crippen molar-refractivity contribution in [1.29, 1.82) is 5.26 Å². The number of nitriles is 1. The Labute approximate surface area is 123 Å². The first-order chi connectivity index (χ1) is 9.80. The molecule has 1 saturated heterocycles. The molecule has 1 atom stereocenters. The first-order valence-electron chi connectivity index (χ1n) is 6.65. The molecule has 0 bridgehead atoms. The molecule has 9 heteroatoms. The highest BCUT2D eigenvalue weighted by atomic mass is 32.2. The number of urea groups is 1. The number of carboxylic acids is 1. The van der Waals surface area contributed by atoms with Crippen LogP contribution >= 0.6 is 0 Å². The summed E-state index contributed by atoms with van der Waals surface area (Å²) in [4.78, 5) is 25.8. The monoisotopic (exact) mass is 317 g/mol. The van der Waals surface area contributed by atoms with E-state index in [0.717, 1.165) is 4.90 Å². The molecule has 0 aromatic heterocycles. The van der Waals surface area contributed by atoms with E-state index < -0.39 is 34.4 Å². The molecule has 1 fully saturated rings. The van der Waals surface area contributed by atoms with Crippen LogP contribution in [0.5, 0.6) is 0 Å². The summed E-state index contributed by atoms with van der Waals surface area (Å²) in [5, 5.41) is 17.5. The number of carboxylic acid groups (broad SMARTS) is 1. The first-order valence-corrected chi connectivity index (χ1v) is 8.47. The molecule has 1 heterocycles. The van der Waals surface area contributed by atoms with Crippen molar-refractivity contribution in [3.05, 3.63) is 0 Å². The van der Waals surface area contributed by atoms with Gasteiger partial charge in [0.15, 0.2) is 9.84 Å². The van der Waals surface area contributed by atoms with Crippen molar-refractivity contribution in [2.24, 2.45) is 0 Å². The van der Waals surface area contributed by atoms with Crippen molar-refractivity contribution in [2.45, 2.75) is 25.8 Å². The molecule has 1 aliphatic rings. The van der Waals surface area contributed by atoms with Gasteiger partial charge >= 0.3 is 12.0 Å². The molecule has 0 saturated carbocycles. The predicted molar refractivity (Wildman–Crippen MR) is 74.3 cm³/mol. The standard InChI is InChI=1S/C12H19N3O5S/c1-2-14(6-3-5-13)12(18)15(8-11(16)17)10-4-7-21(19,20)9-10/h10H,2-4,6-9H2,1H3,(H,16,17). The maximum absolute atomic E-state index is 12.4. The lowest BCUT2D eigenvalue weighted by molar-refractivity contribution is -0.138. The van der Waals surface area contributed by atoms with Gasteiger partial charge in [0, 0.05) is 19.1 Å². The van der Waals surface area contributed by atoms with Crippen molar-refractivity contribution in [1.82, 2.24) is 9.80 Å². The average molecular weight is 317 g/mol. The van der Waals surface area contributed by atoms with Crippen LogP contribution < -0.4 is 0 Å². The lowest BCUT2D eigenvalue weighted by atomic mass is 10.2. The molecule has 1 N–H and O–H groups in total. The fourth-order valence-electron chi connectivity index (χ4n) is 2.28. The topological polar surface area (TPSA) is 119 Å². The third-order valence-electron chi connectivity index (χ3n) is 3.35. The van der Waals surface area contributed by atoms with Crippen molar-refractivity contribution in [2.75, 3.05) is 31.1 Å². The molecule has 8 nitrogen and oxygen atoms in total. The summed E-state index contributed by atoms with van der Waals surface area (Å²) in [5.41, 5.74) is 0. The molecule has 0 spiro atoms. The molecule has 0 radical (unpaired) electrons. The smallest absolute Gasteiger partial charge is 0.323 e. The van der Waals surface area contributed by atoms with Crippen LogP contribution in [0.25, 0.3) is 0 Å².